The molecular formula is C30H33CuN7OS2. The van der Waals surface area contributed by atoms with Gasteiger partial charge in [0.2, 0.25) is 5.91 Å². The van der Waals surface area contributed by atoms with Crippen LogP contribution in [-0.2, 0) is 53.5 Å². The standard InChI is InChI=1S/C30H35N7OS2.Cu/c1-4-31-29(39)36-34-19(2)20(3)35-37-30(40)33-18-17-32-26(38)10-6-7-21-11-12-24-14-13-22-8-5-9-23-15-16-25(21)28(24)27(22)23;/h5,8-9,11-16H,4,6-7,10,17-18H2,1-3H3,(H,32,38)(H2,31,36,39)(H2,33,37,40);/q;+2/p-2/b34-19+,35-20+;. The predicted molar refractivity (Wildman–Crippen MR) is 174 cm³/mol. The van der Waals surface area contributed by atoms with Crippen LogP contribution in [0.25, 0.3) is 32.3 Å². The molecule has 0 saturated carbocycles. The van der Waals surface area contributed by atoms with Crippen molar-refractivity contribution in [1.29, 1.82) is 0 Å². The summed E-state index contributed by atoms with van der Waals surface area (Å²) in [4.78, 5) is 20.7. The summed E-state index contributed by atoms with van der Waals surface area (Å²) in [5, 5.41) is 19.5. The Morgan fingerprint density at radius 1 is 0.805 bits per heavy atom. The fourth-order valence-corrected chi connectivity index (χ4v) is 4.85. The maximum Gasteiger partial charge on any atom is 2.00 e. The van der Waals surface area contributed by atoms with E-state index in [0.717, 1.165) is 12.8 Å². The molecule has 0 unspecified atom stereocenters. The molecule has 11 heteroatoms. The minimum atomic E-state index is 0. The third-order valence-electron chi connectivity index (χ3n) is 6.62. The van der Waals surface area contributed by atoms with Crippen LogP contribution in [0.2, 0.25) is 0 Å². The SMILES string of the molecule is CCN=C([S-])N/N=C(C)/C(C)=N/NC([S-])=NCCNC(=O)CCCc1ccc2ccc3cccc4ccc1c2c34.[Cu+2]. The van der Waals surface area contributed by atoms with Crippen LogP contribution < -0.4 is 16.2 Å². The summed E-state index contributed by atoms with van der Waals surface area (Å²) in [7, 11) is 0. The first-order valence-corrected chi connectivity index (χ1v) is 14.1. The van der Waals surface area contributed by atoms with E-state index in [9.17, 15) is 4.79 Å². The van der Waals surface area contributed by atoms with E-state index in [4.69, 9.17) is 25.3 Å². The molecule has 217 valence electrons. The van der Waals surface area contributed by atoms with Crippen molar-refractivity contribution in [2.45, 2.75) is 40.0 Å². The van der Waals surface area contributed by atoms with Crippen molar-refractivity contribution in [3.8, 4) is 0 Å². The van der Waals surface area contributed by atoms with Crippen LogP contribution in [0.4, 0.5) is 0 Å². The van der Waals surface area contributed by atoms with Crippen molar-refractivity contribution in [2.75, 3.05) is 19.6 Å². The van der Waals surface area contributed by atoms with Gasteiger partial charge in [-0.1, -0.05) is 54.6 Å². The van der Waals surface area contributed by atoms with E-state index in [1.807, 2.05) is 6.92 Å². The molecule has 4 rings (SSSR count). The summed E-state index contributed by atoms with van der Waals surface area (Å²) < 4.78 is 0. The van der Waals surface area contributed by atoms with Crippen molar-refractivity contribution in [2.24, 2.45) is 20.2 Å². The van der Waals surface area contributed by atoms with Gasteiger partial charge in [-0.25, -0.2) is 0 Å². The second-order valence-corrected chi connectivity index (χ2v) is 10.1. The van der Waals surface area contributed by atoms with Gasteiger partial charge in [-0.15, -0.1) is 0 Å². The maximum absolute atomic E-state index is 12.4. The number of carbonyl (C=O) groups is 1. The van der Waals surface area contributed by atoms with E-state index in [-0.39, 0.29) is 28.1 Å². The third-order valence-corrected chi connectivity index (χ3v) is 7.06. The van der Waals surface area contributed by atoms with Crippen LogP contribution in [0.15, 0.2) is 74.8 Å². The van der Waals surface area contributed by atoms with Gasteiger partial charge >= 0.3 is 17.1 Å². The number of amidine groups is 2. The van der Waals surface area contributed by atoms with Gasteiger partial charge in [-0.3, -0.25) is 25.6 Å². The van der Waals surface area contributed by atoms with Crippen molar-refractivity contribution in [3.05, 3.63) is 60.2 Å². The minimum absolute atomic E-state index is 0. The van der Waals surface area contributed by atoms with Crippen molar-refractivity contribution in [1.82, 2.24) is 16.2 Å². The number of rotatable bonds is 11. The summed E-state index contributed by atoms with van der Waals surface area (Å²) in [5.41, 5.74) is 7.96. The molecule has 3 N–H and O–H groups in total. The van der Waals surface area contributed by atoms with Crippen LogP contribution in [0.5, 0.6) is 0 Å². The molecule has 0 spiro atoms. The van der Waals surface area contributed by atoms with Gasteiger partial charge in [0.15, 0.2) is 0 Å². The zero-order valence-corrected chi connectivity index (χ0v) is 25.8. The van der Waals surface area contributed by atoms with Crippen LogP contribution in [-0.4, -0.2) is 47.3 Å². The summed E-state index contributed by atoms with van der Waals surface area (Å²) in [6.07, 6.45) is 2.07. The third kappa shape index (κ3) is 8.56. The van der Waals surface area contributed by atoms with E-state index in [1.165, 1.54) is 37.9 Å². The Kier molecular flexibility index (Phi) is 12.2. The number of carbonyl (C=O) groups excluding carboxylic acids is 1. The molecule has 0 fully saturated rings. The van der Waals surface area contributed by atoms with Gasteiger partial charge in [0.05, 0.1) is 18.0 Å². The molecule has 0 aliphatic heterocycles. The van der Waals surface area contributed by atoms with Crippen LogP contribution >= 0.6 is 0 Å². The van der Waals surface area contributed by atoms with E-state index in [2.05, 4.69) is 91.0 Å². The van der Waals surface area contributed by atoms with Crippen LogP contribution in [0.1, 0.15) is 39.2 Å². The second-order valence-electron chi connectivity index (χ2n) is 9.37. The molecule has 0 aliphatic rings. The molecule has 41 heavy (non-hydrogen) atoms. The number of hydrogen-bond acceptors (Lipinski definition) is 7. The first-order valence-electron chi connectivity index (χ1n) is 13.3. The topological polar surface area (TPSA) is 103 Å². The number of amides is 1. The monoisotopic (exact) mass is 634 g/mol. The molecule has 4 aromatic rings. The number of benzene rings is 4. The van der Waals surface area contributed by atoms with Gasteiger partial charge in [0, 0.05) is 19.5 Å². The molecule has 8 nitrogen and oxygen atoms in total. The van der Waals surface area contributed by atoms with Gasteiger partial charge in [-0.2, -0.15) is 10.2 Å². The molecule has 1 radical (unpaired) electrons. The number of aliphatic imine (C=N–C) groups is 2. The average Bonchev–Trinajstić information content (AvgIpc) is 2.96. The molecule has 0 aliphatic carbocycles. The van der Waals surface area contributed by atoms with Crippen molar-refractivity contribution >= 4 is 85.2 Å². The number of hydrogen-bond donors (Lipinski definition) is 3. The molecule has 0 heterocycles. The Morgan fingerprint density at radius 3 is 2.05 bits per heavy atom. The van der Waals surface area contributed by atoms with Gasteiger partial charge in [0.1, 0.15) is 0 Å². The first kappa shape index (κ1) is 32.1. The molecule has 0 aromatic heterocycles. The number of nitrogens with zero attached hydrogens (tertiary/aromatic N) is 4. The summed E-state index contributed by atoms with van der Waals surface area (Å²) >= 11 is 10.2. The first-order chi connectivity index (χ1) is 19.4. The fraction of sp³-hybridized carbons (Fsp3) is 0.300. The maximum atomic E-state index is 12.4. The van der Waals surface area contributed by atoms with Crippen molar-refractivity contribution < 1.29 is 21.9 Å². The smallest absolute Gasteiger partial charge is 0.741 e. The number of aryl methyl sites for hydroxylation is 1. The van der Waals surface area contributed by atoms with Crippen molar-refractivity contribution in [3.63, 3.8) is 0 Å². The summed E-state index contributed by atoms with van der Waals surface area (Å²) in [6, 6.07) is 19.6. The largest absolute Gasteiger partial charge is 2.00 e. The van der Waals surface area contributed by atoms with E-state index < -0.39 is 0 Å². The number of hydrazone groups is 2. The fourth-order valence-electron chi connectivity index (χ4n) is 4.53. The molecule has 0 bridgehead atoms. The Bertz CT molecular complexity index is 1600. The molecule has 1 amide bonds. The molecule has 0 atom stereocenters. The number of nitrogens with one attached hydrogen (secondary N) is 3. The Labute approximate surface area is 262 Å². The molecule has 4 aromatic carbocycles. The summed E-state index contributed by atoms with van der Waals surface area (Å²) in [5.74, 6) is 0.00714. The summed E-state index contributed by atoms with van der Waals surface area (Å²) in [6.45, 7) is 6.84. The van der Waals surface area contributed by atoms with E-state index in [1.54, 1.807) is 13.8 Å². The normalized spacial score (nSPS) is 13.0. The zero-order valence-electron chi connectivity index (χ0n) is 23.3. The minimum Gasteiger partial charge on any atom is -0.741 e. The van der Waals surface area contributed by atoms with Crippen LogP contribution in [0, 0.1) is 0 Å². The van der Waals surface area contributed by atoms with E-state index >= 15 is 0 Å². The Morgan fingerprint density at radius 2 is 1.39 bits per heavy atom. The molecular weight excluding hydrogens is 602 g/mol. The Balaban J connectivity index is 0.00000462. The zero-order chi connectivity index (χ0) is 28.5. The second kappa shape index (κ2) is 15.6. The molecule has 0 saturated heterocycles. The quantitative estimate of drug-likeness (QED) is 0.0419. The van der Waals surface area contributed by atoms with E-state index in [0.29, 0.717) is 42.6 Å². The average molecular weight is 635 g/mol. The van der Waals surface area contributed by atoms with Crippen LogP contribution in [0.3, 0.4) is 0 Å². The van der Waals surface area contributed by atoms with Gasteiger partial charge < -0.3 is 30.6 Å². The van der Waals surface area contributed by atoms with Gasteiger partial charge in [-0.05, 0) is 81.8 Å². The Hall–Kier alpha value is -3.37. The van der Waals surface area contributed by atoms with Gasteiger partial charge in [0.25, 0.3) is 0 Å². The predicted octanol–water partition coefficient (Wildman–Crippen LogP) is 4.78.